The third kappa shape index (κ3) is 4.90. The van der Waals surface area contributed by atoms with Gasteiger partial charge in [-0.3, -0.25) is 0 Å². The van der Waals surface area contributed by atoms with Crippen LogP contribution in [0, 0.1) is 6.92 Å². The SMILES string of the molecule is COCc1ccccc1NC(=O)NCCc1cccc(C)c1. The summed E-state index contributed by atoms with van der Waals surface area (Å²) in [5, 5.41) is 5.74. The van der Waals surface area contributed by atoms with E-state index < -0.39 is 0 Å². The van der Waals surface area contributed by atoms with Crippen molar-refractivity contribution in [2.45, 2.75) is 20.0 Å². The van der Waals surface area contributed by atoms with Crippen LogP contribution >= 0.6 is 0 Å². The Balaban J connectivity index is 1.83. The Labute approximate surface area is 131 Å². The molecule has 0 aliphatic rings. The van der Waals surface area contributed by atoms with Gasteiger partial charge in [0.2, 0.25) is 0 Å². The third-order valence-electron chi connectivity index (χ3n) is 3.35. The molecule has 0 radical (unpaired) electrons. The summed E-state index contributed by atoms with van der Waals surface area (Å²) in [6.45, 7) is 3.14. The molecule has 2 amide bonds. The quantitative estimate of drug-likeness (QED) is 0.857. The Morgan fingerprint density at radius 2 is 1.95 bits per heavy atom. The minimum absolute atomic E-state index is 0.198. The van der Waals surface area contributed by atoms with Crippen LogP contribution in [0.25, 0.3) is 0 Å². The van der Waals surface area contributed by atoms with Gasteiger partial charge in [0, 0.05) is 24.9 Å². The Morgan fingerprint density at radius 3 is 2.73 bits per heavy atom. The second kappa shape index (κ2) is 8.20. The molecule has 0 aliphatic heterocycles. The molecule has 0 unspecified atom stereocenters. The average Bonchev–Trinajstić information content (AvgIpc) is 2.49. The number of methoxy groups -OCH3 is 1. The summed E-state index contributed by atoms with van der Waals surface area (Å²) in [6, 6.07) is 15.7. The molecule has 4 nitrogen and oxygen atoms in total. The number of amides is 2. The molecule has 22 heavy (non-hydrogen) atoms. The highest BCUT2D eigenvalue weighted by molar-refractivity contribution is 5.90. The van der Waals surface area contributed by atoms with Crippen molar-refractivity contribution >= 4 is 11.7 Å². The maximum Gasteiger partial charge on any atom is 0.319 e. The van der Waals surface area contributed by atoms with Gasteiger partial charge in [-0.2, -0.15) is 0 Å². The van der Waals surface area contributed by atoms with Crippen LogP contribution in [0.5, 0.6) is 0 Å². The molecule has 0 atom stereocenters. The normalized spacial score (nSPS) is 10.3. The number of hydrogen-bond acceptors (Lipinski definition) is 2. The lowest BCUT2D eigenvalue weighted by atomic mass is 10.1. The highest BCUT2D eigenvalue weighted by atomic mass is 16.5. The van der Waals surface area contributed by atoms with Crippen molar-refractivity contribution in [3.8, 4) is 0 Å². The van der Waals surface area contributed by atoms with Gasteiger partial charge in [0.15, 0.2) is 0 Å². The molecule has 2 rings (SSSR count). The van der Waals surface area contributed by atoms with Gasteiger partial charge in [0.05, 0.1) is 6.61 Å². The lowest BCUT2D eigenvalue weighted by molar-refractivity contribution is 0.185. The number of carbonyl (C=O) groups is 1. The van der Waals surface area contributed by atoms with Crippen LogP contribution in [0.3, 0.4) is 0 Å². The summed E-state index contributed by atoms with van der Waals surface area (Å²) in [5.74, 6) is 0. The van der Waals surface area contributed by atoms with Crippen molar-refractivity contribution in [3.05, 3.63) is 65.2 Å². The molecule has 0 fully saturated rings. The zero-order valence-corrected chi connectivity index (χ0v) is 13.1. The number of para-hydroxylation sites is 1. The first-order chi connectivity index (χ1) is 10.7. The largest absolute Gasteiger partial charge is 0.380 e. The van der Waals surface area contributed by atoms with Crippen molar-refractivity contribution in [1.82, 2.24) is 5.32 Å². The second-order valence-electron chi connectivity index (χ2n) is 5.21. The van der Waals surface area contributed by atoms with E-state index in [1.165, 1.54) is 11.1 Å². The van der Waals surface area contributed by atoms with Crippen molar-refractivity contribution in [1.29, 1.82) is 0 Å². The van der Waals surface area contributed by atoms with Crippen molar-refractivity contribution in [3.63, 3.8) is 0 Å². The fourth-order valence-corrected chi connectivity index (χ4v) is 2.28. The van der Waals surface area contributed by atoms with Gasteiger partial charge in [0.25, 0.3) is 0 Å². The highest BCUT2D eigenvalue weighted by Gasteiger charge is 2.05. The van der Waals surface area contributed by atoms with E-state index in [-0.39, 0.29) is 6.03 Å². The Bertz CT molecular complexity index is 626. The van der Waals surface area contributed by atoms with Crippen LogP contribution in [-0.2, 0) is 17.8 Å². The highest BCUT2D eigenvalue weighted by Crippen LogP contribution is 2.15. The van der Waals surface area contributed by atoms with Crippen LogP contribution in [-0.4, -0.2) is 19.7 Å². The summed E-state index contributed by atoms with van der Waals surface area (Å²) in [6.07, 6.45) is 0.814. The van der Waals surface area contributed by atoms with Gasteiger partial charge in [-0.25, -0.2) is 4.79 Å². The van der Waals surface area contributed by atoms with Gasteiger partial charge in [-0.05, 0) is 25.0 Å². The number of ether oxygens (including phenoxy) is 1. The standard InChI is InChI=1S/C18H22N2O2/c1-14-6-5-7-15(12-14)10-11-19-18(21)20-17-9-4-3-8-16(17)13-22-2/h3-9,12H,10-11,13H2,1-2H3,(H2,19,20,21). The number of nitrogens with one attached hydrogen (secondary N) is 2. The molecule has 0 aliphatic carbocycles. The first-order valence-corrected chi connectivity index (χ1v) is 7.36. The second-order valence-corrected chi connectivity index (χ2v) is 5.21. The van der Waals surface area contributed by atoms with E-state index in [1.807, 2.05) is 30.3 Å². The topological polar surface area (TPSA) is 50.4 Å². The number of aryl methyl sites for hydroxylation is 1. The summed E-state index contributed by atoms with van der Waals surface area (Å²) >= 11 is 0. The maximum absolute atomic E-state index is 12.0. The third-order valence-corrected chi connectivity index (χ3v) is 3.35. The number of benzene rings is 2. The molecule has 0 heterocycles. The zero-order valence-electron chi connectivity index (χ0n) is 13.1. The molecular formula is C18H22N2O2. The average molecular weight is 298 g/mol. The monoisotopic (exact) mass is 298 g/mol. The van der Waals surface area contributed by atoms with E-state index in [0.717, 1.165) is 17.7 Å². The maximum atomic E-state index is 12.0. The van der Waals surface area contributed by atoms with Crippen LogP contribution in [0.1, 0.15) is 16.7 Å². The van der Waals surface area contributed by atoms with Crippen LogP contribution in [0.2, 0.25) is 0 Å². The predicted octanol–water partition coefficient (Wildman–Crippen LogP) is 3.51. The molecule has 0 aromatic heterocycles. The molecule has 2 aromatic rings. The molecule has 0 spiro atoms. The molecule has 2 N–H and O–H groups in total. The number of carbonyl (C=O) groups excluding carboxylic acids is 1. The van der Waals surface area contributed by atoms with Crippen LogP contribution < -0.4 is 10.6 Å². The van der Waals surface area contributed by atoms with Crippen LogP contribution in [0.15, 0.2) is 48.5 Å². The molecule has 116 valence electrons. The van der Waals surface area contributed by atoms with Gasteiger partial charge >= 0.3 is 6.03 Å². The minimum atomic E-state index is -0.198. The first-order valence-electron chi connectivity index (χ1n) is 7.36. The van der Waals surface area contributed by atoms with E-state index in [2.05, 4.69) is 35.8 Å². The Kier molecular flexibility index (Phi) is 5.98. The zero-order chi connectivity index (χ0) is 15.8. The lowest BCUT2D eigenvalue weighted by Crippen LogP contribution is -2.30. The Morgan fingerprint density at radius 1 is 1.14 bits per heavy atom. The molecular weight excluding hydrogens is 276 g/mol. The summed E-state index contributed by atoms with van der Waals surface area (Å²) in [5.41, 5.74) is 4.19. The van der Waals surface area contributed by atoms with Gasteiger partial charge in [-0.15, -0.1) is 0 Å². The predicted molar refractivity (Wildman–Crippen MR) is 89.1 cm³/mol. The number of hydrogen-bond donors (Lipinski definition) is 2. The number of anilines is 1. The van der Waals surface area contributed by atoms with Crippen molar-refractivity contribution < 1.29 is 9.53 Å². The molecule has 2 aromatic carbocycles. The first kappa shape index (κ1) is 16.0. The van der Waals surface area contributed by atoms with Gasteiger partial charge in [0.1, 0.15) is 0 Å². The molecule has 0 saturated carbocycles. The smallest absolute Gasteiger partial charge is 0.319 e. The van der Waals surface area contributed by atoms with Crippen LogP contribution in [0.4, 0.5) is 10.5 Å². The molecule has 0 bridgehead atoms. The van der Waals surface area contributed by atoms with E-state index in [1.54, 1.807) is 7.11 Å². The number of rotatable bonds is 6. The van der Waals surface area contributed by atoms with E-state index in [4.69, 9.17) is 4.74 Å². The fourth-order valence-electron chi connectivity index (χ4n) is 2.28. The Hall–Kier alpha value is -2.33. The van der Waals surface area contributed by atoms with Gasteiger partial charge < -0.3 is 15.4 Å². The number of urea groups is 1. The summed E-state index contributed by atoms with van der Waals surface area (Å²) < 4.78 is 5.13. The lowest BCUT2D eigenvalue weighted by Gasteiger charge is -2.11. The van der Waals surface area contributed by atoms with E-state index >= 15 is 0 Å². The molecule has 4 heteroatoms. The van der Waals surface area contributed by atoms with E-state index in [9.17, 15) is 4.79 Å². The van der Waals surface area contributed by atoms with Gasteiger partial charge in [-0.1, -0.05) is 48.0 Å². The minimum Gasteiger partial charge on any atom is -0.380 e. The summed E-state index contributed by atoms with van der Waals surface area (Å²) in [4.78, 5) is 12.0. The molecule has 0 saturated heterocycles. The van der Waals surface area contributed by atoms with E-state index in [0.29, 0.717) is 13.2 Å². The van der Waals surface area contributed by atoms with Crippen molar-refractivity contribution in [2.75, 3.05) is 19.0 Å². The summed E-state index contributed by atoms with van der Waals surface area (Å²) in [7, 11) is 1.64. The van der Waals surface area contributed by atoms with Crippen molar-refractivity contribution in [2.24, 2.45) is 0 Å². The fraction of sp³-hybridized carbons (Fsp3) is 0.278.